The smallest absolute Gasteiger partial charge is 0.358 e. The lowest BCUT2D eigenvalue weighted by Gasteiger charge is -2.15. The summed E-state index contributed by atoms with van der Waals surface area (Å²) in [7, 11) is -3.81. The van der Waals surface area contributed by atoms with Crippen LogP contribution in [0.4, 0.5) is 5.69 Å². The quantitative estimate of drug-likeness (QED) is 0.683. The van der Waals surface area contributed by atoms with Crippen molar-refractivity contribution in [1.82, 2.24) is 10.2 Å². The molecule has 1 amide bonds. The number of hydrogen-bond acceptors (Lipinski definition) is 6. The van der Waals surface area contributed by atoms with Gasteiger partial charge in [0.15, 0.2) is 5.69 Å². The zero-order valence-electron chi connectivity index (χ0n) is 10.7. The van der Waals surface area contributed by atoms with Gasteiger partial charge in [0.1, 0.15) is 5.25 Å². The van der Waals surface area contributed by atoms with Crippen LogP contribution in [0.2, 0.25) is 0 Å². The first-order chi connectivity index (χ1) is 9.34. The van der Waals surface area contributed by atoms with Gasteiger partial charge >= 0.3 is 5.97 Å². The van der Waals surface area contributed by atoms with E-state index in [1.54, 1.807) is 6.92 Å². The number of aromatic nitrogens is 2. The maximum absolute atomic E-state index is 11.9. The van der Waals surface area contributed by atoms with Crippen molar-refractivity contribution in [2.45, 2.75) is 18.6 Å². The normalized spacial score (nSPS) is 19.4. The Hall–Kier alpha value is -1.94. The third-order valence-corrected chi connectivity index (χ3v) is 4.19. The summed E-state index contributed by atoms with van der Waals surface area (Å²) in [4.78, 5) is 24.7. The highest BCUT2D eigenvalue weighted by Gasteiger charge is 2.39. The molecule has 1 aliphatic heterocycles. The number of carbonyl (C=O) groups excluding carboxylic acids is 2. The summed E-state index contributed by atoms with van der Waals surface area (Å²) in [5.74, 6) is -1.09. The van der Waals surface area contributed by atoms with E-state index < -0.39 is 27.1 Å². The molecule has 110 valence electrons. The largest absolute Gasteiger partial charge is 0.461 e. The number of amides is 1. The van der Waals surface area contributed by atoms with Crippen LogP contribution in [0.25, 0.3) is 0 Å². The number of esters is 1. The van der Waals surface area contributed by atoms with Crippen LogP contribution in [0.1, 0.15) is 23.8 Å². The van der Waals surface area contributed by atoms with Crippen molar-refractivity contribution >= 4 is 27.6 Å². The van der Waals surface area contributed by atoms with E-state index in [2.05, 4.69) is 10.2 Å². The second kappa shape index (κ2) is 5.21. The van der Waals surface area contributed by atoms with E-state index >= 15 is 0 Å². The van der Waals surface area contributed by atoms with Gasteiger partial charge in [0, 0.05) is 13.0 Å². The number of hydrogen-bond donors (Lipinski definition) is 2. The molecule has 3 N–H and O–H groups in total. The Balaban J connectivity index is 2.28. The molecule has 0 saturated carbocycles. The first kappa shape index (κ1) is 14.5. The van der Waals surface area contributed by atoms with Gasteiger partial charge in [-0.3, -0.25) is 9.89 Å². The van der Waals surface area contributed by atoms with E-state index in [0.29, 0.717) is 0 Å². The van der Waals surface area contributed by atoms with Crippen LogP contribution in [-0.4, -0.2) is 48.9 Å². The summed E-state index contributed by atoms with van der Waals surface area (Å²) in [5, 5.41) is 10.2. The molecule has 9 nitrogen and oxygen atoms in total. The van der Waals surface area contributed by atoms with Gasteiger partial charge < -0.3 is 9.64 Å². The topological polar surface area (TPSA) is 135 Å². The van der Waals surface area contributed by atoms with Crippen molar-refractivity contribution in [3.05, 3.63) is 11.9 Å². The number of aromatic amines is 1. The minimum Gasteiger partial charge on any atom is -0.461 e. The first-order valence-corrected chi connectivity index (χ1v) is 7.48. The van der Waals surface area contributed by atoms with Gasteiger partial charge in [0.2, 0.25) is 15.9 Å². The standard InChI is InChI=1S/C10H14N4O5S/c1-2-19-10(16)9-7(4-12-13-9)14-5-6(3-8(14)15)20(11,17)18/h4,6H,2-3,5H2,1H3,(H,12,13)(H2,11,17,18). The summed E-state index contributed by atoms with van der Waals surface area (Å²) in [6.45, 7) is 1.71. The van der Waals surface area contributed by atoms with E-state index in [9.17, 15) is 18.0 Å². The molecule has 1 aliphatic rings. The molecule has 1 aromatic heterocycles. The third-order valence-electron chi connectivity index (χ3n) is 2.94. The molecule has 1 atom stereocenters. The maximum atomic E-state index is 11.9. The fraction of sp³-hybridized carbons (Fsp3) is 0.500. The van der Waals surface area contributed by atoms with Crippen molar-refractivity contribution in [3.8, 4) is 0 Å². The summed E-state index contributed by atoms with van der Waals surface area (Å²) >= 11 is 0. The molecule has 0 spiro atoms. The Labute approximate surface area is 115 Å². The van der Waals surface area contributed by atoms with Crippen LogP contribution in [-0.2, 0) is 19.6 Å². The van der Waals surface area contributed by atoms with Crippen LogP contribution >= 0.6 is 0 Å². The lowest BCUT2D eigenvalue weighted by molar-refractivity contribution is -0.117. The zero-order valence-corrected chi connectivity index (χ0v) is 11.5. The van der Waals surface area contributed by atoms with Crippen molar-refractivity contribution in [1.29, 1.82) is 0 Å². The molecule has 10 heteroatoms. The highest BCUT2D eigenvalue weighted by atomic mass is 32.2. The number of nitrogens with two attached hydrogens (primary N) is 1. The number of primary sulfonamides is 1. The van der Waals surface area contributed by atoms with Gasteiger partial charge in [-0.25, -0.2) is 18.4 Å². The minimum atomic E-state index is -3.81. The van der Waals surface area contributed by atoms with E-state index in [1.165, 1.54) is 11.1 Å². The zero-order chi connectivity index (χ0) is 14.9. The van der Waals surface area contributed by atoms with Gasteiger partial charge in [-0.2, -0.15) is 5.10 Å². The maximum Gasteiger partial charge on any atom is 0.358 e. The Bertz CT molecular complexity index is 638. The molecule has 20 heavy (non-hydrogen) atoms. The van der Waals surface area contributed by atoms with E-state index in [1.807, 2.05) is 0 Å². The minimum absolute atomic E-state index is 0.00951. The van der Waals surface area contributed by atoms with Crippen LogP contribution < -0.4 is 10.0 Å². The van der Waals surface area contributed by atoms with Gasteiger partial charge in [-0.15, -0.1) is 0 Å². The number of carbonyl (C=O) groups is 2. The second-order valence-corrected chi connectivity index (χ2v) is 6.11. The monoisotopic (exact) mass is 302 g/mol. The predicted octanol–water partition coefficient (Wildman–Crippen LogP) is -1.02. The van der Waals surface area contributed by atoms with Gasteiger partial charge in [0.05, 0.1) is 18.5 Å². The summed E-state index contributed by atoms with van der Waals surface area (Å²) in [6, 6.07) is 0. The molecule has 0 aliphatic carbocycles. The number of H-pyrrole nitrogens is 1. The van der Waals surface area contributed by atoms with Crippen molar-refractivity contribution in [3.63, 3.8) is 0 Å². The predicted molar refractivity (Wildman–Crippen MR) is 68.4 cm³/mol. The Kier molecular flexibility index (Phi) is 3.77. The molecule has 0 radical (unpaired) electrons. The molecule has 2 rings (SSSR count). The molecule has 1 saturated heterocycles. The van der Waals surface area contributed by atoms with E-state index in [4.69, 9.17) is 9.88 Å². The lowest BCUT2D eigenvalue weighted by atomic mass is 10.3. The summed E-state index contributed by atoms with van der Waals surface area (Å²) < 4.78 is 27.4. The van der Waals surface area contributed by atoms with Crippen molar-refractivity contribution in [2.24, 2.45) is 5.14 Å². The number of rotatable bonds is 4. The van der Waals surface area contributed by atoms with Gasteiger partial charge in [-0.05, 0) is 6.92 Å². The van der Waals surface area contributed by atoms with Crippen LogP contribution in [0.15, 0.2) is 6.20 Å². The molecule has 0 aromatic carbocycles. The van der Waals surface area contributed by atoms with Gasteiger partial charge in [-0.1, -0.05) is 0 Å². The number of anilines is 1. The average Bonchev–Trinajstić information content (AvgIpc) is 2.94. The summed E-state index contributed by atoms with van der Waals surface area (Å²) in [6.07, 6.45) is 1.06. The number of sulfonamides is 1. The van der Waals surface area contributed by atoms with Gasteiger partial charge in [0.25, 0.3) is 0 Å². The van der Waals surface area contributed by atoms with E-state index in [-0.39, 0.29) is 31.0 Å². The first-order valence-electron chi connectivity index (χ1n) is 5.87. The Morgan fingerprint density at radius 2 is 2.35 bits per heavy atom. The van der Waals surface area contributed by atoms with Crippen LogP contribution in [0, 0.1) is 0 Å². The molecular weight excluding hydrogens is 288 g/mol. The molecule has 1 unspecified atom stereocenters. The fourth-order valence-electron chi connectivity index (χ4n) is 1.97. The number of nitrogens with one attached hydrogen (secondary N) is 1. The summed E-state index contributed by atoms with van der Waals surface area (Å²) in [5.41, 5.74) is 0.204. The Morgan fingerprint density at radius 1 is 1.65 bits per heavy atom. The van der Waals surface area contributed by atoms with Crippen molar-refractivity contribution in [2.75, 3.05) is 18.1 Å². The average molecular weight is 302 g/mol. The number of nitrogens with zero attached hydrogens (tertiary/aromatic N) is 2. The van der Waals surface area contributed by atoms with E-state index in [0.717, 1.165) is 0 Å². The molecule has 0 bridgehead atoms. The SMILES string of the molecule is CCOC(=O)c1[nH]ncc1N1CC(S(N)(=O)=O)CC1=O. The lowest BCUT2D eigenvalue weighted by Crippen LogP contribution is -2.32. The second-order valence-electron chi connectivity index (χ2n) is 4.27. The van der Waals surface area contributed by atoms with Crippen LogP contribution in [0.5, 0.6) is 0 Å². The Morgan fingerprint density at radius 3 is 2.90 bits per heavy atom. The highest BCUT2D eigenvalue weighted by Crippen LogP contribution is 2.26. The van der Waals surface area contributed by atoms with Crippen LogP contribution in [0.3, 0.4) is 0 Å². The van der Waals surface area contributed by atoms with Crippen molar-refractivity contribution < 1.29 is 22.7 Å². The highest BCUT2D eigenvalue weighted by molar-refractivity contribution is 7.89. The molecule has 2 heterocycles. The number of ether oxygens (including phenoxy) is 1. The molecular formula is C10H14N4O5S. The fourth-order valence-corrected chi connectivity index (χ4v) is 2.70. The third kappa shape index (κ3) is 2.65. The molecule has 1 aromatic rings. The molecule has 1 fully saturated rings.